The minimum atomic E-state index is -3.99. The number of nitrogens with zero attached hydrogens (tertiary/aromatic N) is 5. The molecule has 0 aliphatic heterocycles. The first-order chi connectivity index (χ1) is 24.7. The number of ether oxygens (including phenoxy) is 2. The molecule has 2 heterocycles. The first-order valence-corrected chi connectivity index (χ1v) is 17.7. The average molecular weight is 753 g/mol. The van der Waals surface area contributed by atoms with E-state index in [4.69, 9.17) is 26.1 Å². The van der Waals surface area contributed by atoms with Crippen LogP contribution in [0.25, 0.3) is 27.5 Å². The minimum absolute atomic E-state index is 0.0426. The van der Waals surface area contributed by atoms with Crippen molar-refractivity contribution in [3.63, 3.8) is 0 Å². The lowest BCUT2D eigenvalue weighted by atomic mass is 10.0. The molecule has 0 spiro atoms. The predicted octanol–water partition coefficient (Wildman–Crippen LogP) is 5.74. The van der Waals surface area contributed by atoms with Crippen LogP contribution in [0.15, 0.2) is 77.6 Å². The highest BCUT2D eigenvalue weighted by atomic mass is 35.5. The Hall–Kier alpha value is -5.74. The van der Waals surface area contributed by atoms with Crippen molar-refractivity contribution in [2.45, 2.75) is 19.0 Å². The Kier molecular flexibility index (Phi) is 9.79. The van der Waals surface area contributed by atoms with Crippen LogP contribution in [-0.2, 0) is 30.0 Å². The van der Waals surface area contributed by atoms with Gasteiger partial charge in [0.05, 0.1) is 60.2 Å². The summed E-state index contributed by atoms with van der Waals surface area (Å²) in [6.45, 7) is -0.135. The van der Waals surface area contributed by atoms with E-state index in [-0.39, 0.29) is 68.4 Å². The van der Waals surface area contributed by atoms with E-state index in [1.165, 1.54) is 44.1 Å². The Morgan fingerprint density at radius 1 is 1.00 bits per heavy atom. The van der Waals surface area contributed by atoms with Crippen molar-refractivity contribution >= 4 is 55.3 Å². The number of amides is 1. The number of rotatable bonds is 11. The number of halogens is 3. The number of nitrogens with one attached hydrogen (secondary N) is 1. The molecular weight excluding hydrogens is 722 g/mol. The molecule has 17 heteroatoms. The Labute approximate surface area is 300 Å². The van der Waals surface area contributed by atoms with Gasteiger partial charge in [-0.3, -0.25) is 14.0 Å². The molecule has 270 valence electrons. The van der Waals surface area contributed by atoms with Gasteiger partial charge in [-0.2, -0.15) is 5.10 Å². The highest BCUT2D eigenvalue weighted by Gasteiger charge is 2.30. The molecule has 2 aromatic heterocycles. The van der Waals surface area contributed by atoms with Crippen LogP contribution in [0.5, 0.6) is 11.5 Å². The summed E-state index contributed by atoms with van der Waals surface area (Å²) in [5.74, 6) is -1.22. The fourth-order valence-corrected chi connectivity index (χ4v) is 7.18. The number of methoxy groups -OCH3 is 2. The lowest BCUT2D eigenvalue weighted by Gasteiger charge is -2.23. The molecule has 0 fully saturated rings. The molecule has 0 aliphatic carbocycles. The SMILES string of the molecule is COc1ccc(CN(c2nn(C)c3c(-n4c(C(Cc5cc(F)cc(F)c5)NC(=O)O)nc5cccc(OC)c5c4=O)ccc(Cl)c23)S(C)(=O)=O)cc1. The number of aryl methyl sites for hydroxylation is 1. The van der Waals surface area contributed by atoms with Crippen molar-refractivity contribution in [3.05, 3.63) is 117 Å². The maximum Gasteiger partial charge on any atom is 0.405 e. The largest absolute Gasteiger partial charge is 0.497 e. The summed E-state index contributed by atoms with van der Waals surface area (Å²) in [5.41, 5.74) is 0.436. The fraction of sp³-hybridized carbons (Fsp3) is 0.200. The summed E-state index contributed by atoms with van der Waals surface area (Å²) in [5, 5.41) is 17.1. The molecule has 0 saturated heterocycles. The maximum atomic E-state index is 14.7. The van der Waals surface area contributed by atoms with E-state index in [0.29, 0.717) is 17.4 Å². The third-order valence-electron chi connectivity index (χ3n) is 8.34. The van der Waals surface area contributed by atoms with Gasteiger partial charge in [-0.25, -0.2) is 31.3 Å². The van der Waals surface area contributed by atoms with Crippen molar-refractivity contribution in [1.29, 1.82) is 0 Å². The van der Waals surface area contributed by atoms with Crippen LogP contribution in [0.3, 0.4) is 0 Å². The first-order valence-electron chi connectivity index (χ1n) is 15.5. The van der Waals surface area contributed by atoms with Crippen LogP contribution in [0.4, 0.5) is 19.4 Å². The zero-order valence-corrected chi connectivity index (χ0v) is 29.7. The molecule has 6 rings (SSSR count). The molecule has 52 heavy (non-hydrogen) atoms. The number of carboxylic acid groups (broad SMARTS) is 1. The third kappa shape index (κ3) is 6.94. The van der Waals surface area contributed by atoms with E-state index in [2.05, 4.69) is 10.4 Å². The summed E-state index contributed by atoms with van der Waals surface area (Å²) >= 11 is 6.79. The normalized spacial score (nSPS) is 12.2. The van der Waals surface area contributed by atoms with Crippen LogP contribution in [-0.4, -0.2) is 59.4 Å². The van der Waals surface area contributed by atoms with Crippen molar-refractivity contribution in [1.82, 2.24) is 24.6 Å². The Morgan fingerprint density at radius 2 is 1.69 bits per heavy atom. The van der Waals surface area contributed by atoms with Gasteiger partial charge in [-0.1, -0.05) is 29.8 Å². The van der Waals surface area contributed by atoms with Gasteiger partial charge in [-0.15, -0.1) is 0 Å². The van der Waals surface area contributed by atoms with Crippen molar-refractivity contribution in [2.24, 2.45) is 7.05 Å². The van der Waals surface area contributed by atoms with Gasteiger partial charge in [0.25, 0.3) is 5.56 Å². The topological polar surface area (TPSA) is 158 Å². The van der Waals surface area contributed by atoms with Crippen LogP contribution in [0.2, 0.25) is 5.02 Å². The third-order valence-corrected chi connectivity index (χ3v) is 9.75. The van der Waals surface area contributed by atoms with E-state index < -0.39 is 39.4 Å². The average Bonchev–Trinajstić information content (AvgIpc) is 3.43. The predicted molar refractivity (Wildman–Crippen MR) is 191 cm³/mol. The monoisotopic (exact) mass is 752 g/mol. The van der Waals surface area contributed by atoms with E-state index in [1.807, 2.05) is 0 Å². The van der Waals surface area contributed by atoms with Gasteiger partial charge in [0, 0.05) is 19.5 Å². The van der Waals surface area contributed by atoms with Gasteiger partial charge >= 0.3 is 6.09 Å². The zero-order valence-electron chi connectivity index (χ0n) is 28.1. The van der Waals surface area contributed by atoms with Gasteiger partial charge in [0.2, 0.25) is 10.0 Å². The fourth-order valence-electron chi connectivity index (χ4n) is 6.11. The highest BCUT2D eigenvalue weighted by molar-refractivity contribution is 7.92. The Bertz CT molecular complexity index is 2510. The number of aromatic nitrogens is 4. The van der Waals surface area contributed by atoms with E-state index in [0.717, 1.165) is 27.3 Å². The van der Waals surface area contributed by atoms with Gasteiger partial charge in [-0.05, 0) is 59.7 Å². The molecule has 0 radical (unpaired) electrons. The minimum Gasteiger partial charge on any atom is -0.497 e. The molecule has 1 unspecified atom stereocenters. The van der Waals surface area contributed by atoms with Crippen LogP contribution in [0, 0.1) is 11.6 Å². The quantitative estimate of drug-likeness (QED) is 0.168. The Balaban J connectivity index is 1.65. The molecule has 0 bridgehead atoms. The molecule has 1 atom stereocenters. The standard InChI is InChI=1S/C35H31ClF2N6O7S/c1-42-31-27(13-12-24(36)29(31)33(41-42)43(52(4,48)49)18-19-8-10-23(50-2)11-9-19)44-32(39-25-6-5-7-28(51-3)30(25)34(44)45)26(40-35(46)47)16-20-14-21(37)17-22(38)15-20/h5-15,17,26,40H,16,18H2,1-4H3,(H,46,47). The summed E-state index contributed by atoms with van der Waals surface area (Å²) in [4.78, 5) is 31.6. The van der Waals surface area contributed by atoms with E-state index in [9.17, 15) is 31.9 Å². The van der Waals surface area contributed by atoms with E-state index in [1.54, 1.807) is 36.4 Å². The number of carbonyl (C=O) groups is 1. The Morgan fingerprint density at radius 3 is 2.31 bits per heavy atom. The number of hydrogen-bond donors (Lipinski definition) is 2. The van der Waals surface area contributed by atoms with E-state index >= 15 is 0 Å². The van der Waals surface area contributed by atoms with Gasteiger partial charge in [0.15, 0.2) is 5.82 Å². The number of fused-ring (bicyclic) bond motifs is 2. The molecule has 4 aromatic carbocycles. The lowest BCUT2D eigenvalue weighted by molar-refractivity contribution is 0.189. The van der Waals surface area contributed by atoms with Gasteiger partial charge in [0.1, 0.15) is 34.3 Å². The molecule has 6 aromatic rings. The molecule has 1 amide bonds. The summed E-state index contributed by atoms with van der Waals surface area (Å²) in [6.07, 6.45) is -0.797. The molecule has 13 nitrogen and oxygen atoms in total. The van der Waals surface area contributed by atoms with Crippen LogP contribution >= 0.6 is 11.6 Å². The second-order valence-corrected chi connectivity index (χ2v) is 14.1. The second-order valence-electron chi connectivity index (χ2n) is 11.8. The lowest BCUT2D eigenvalue weighted by Crippen LogP contribution is -2.35. The second kappa shape index (κ2) is 14.1. The smallest absolute Gasteiger partial charge is 0.405 e. The van der Waals surface area contributed by atoms with Crippen molar-refractivity contribution in [2.75, 3.05) is 24.8 Å². The molecule has 0 saturated carbocycles. The summed E-state index contributed by atoms with van der Waals surface area (Å²) < 4.78 is 69.5. The molecule has 0 aliphatic rings. The summed E-state index contributed by atoms with van der Waals surface area (Å²) in [6, 6.07) is 15.8. The molecular formula is C35H31ClF2N6O7S. The highest BCUT2D eigenvalue weighted by Crippen LogP contribution is 2.38. The summed E-state index contributed by atoms with van der Waals surface area (Å²) in [7, 11) is 0.418. The first kappa shape index (κ1) is 36.1. The van der Waals surface area contributed by atoms with Crippen molar-refractivity contribution < 1.29 is 36.6 Å². The number of sulfonamides is 1. The maximum absolute atomic E-state index is 14.7. The van der Waals surface area contributed by atoms with Crippen LogP contribution < -0.4 is 24.7 Å². The number of anilines is 1. The number of hydrogen-bond acceptors (Lipinski definition) is 8. The van der Waals surface area contributed by atoms with Crippen LogP contribution in [0.1, 0.15) is 23.0 Å². The number of benzene rings is 4. The molecule has 2 N–H and O–H groups in total. The zero-order chi connectivity index (χ0) is 37.5. The van der Waals surface area contributed by atoms with Crippen molar-refractivity contribution in [3.8, 4) is 17.2 Å². The van der Waals surface area contributed by atoms with Gasteiger partial charge < -0.3 is 19.9 Å².